The van der Waals surface area contributed by atoms with Crippen LogP contribution in [0.4, 0.5) is 0 Å². The molecule has 0 unspecified atom stereocenters. The molecule has 0 aliphatic heterocycles. The zero-order valence-corrected chi connectivity index (χ0v) is 17.0. The first-order valence-corrected chi connectivity index (χ1v) is 14.7. The Bertz CT molecular complexity index is 268. The van der Waals surface area contributed by atoms with Crippen molar-refractivity contribution in [2.24, 2.45) is 0 Å². The van der Waals surface area contributed by atoms with Crippen LogP contribution < -0.4 is 0 Å². The molecule has 0 N–H and O–H groups in total. The van der Waals surface area contributed by atoms with Crippen LogP contribution in [-0.4, -0.2) is 16.6 Å². The fraction of sp³-hybridized carbons (Fsp3) is 1.00. The first-order valence-electron chi connectivity index (χ1n) is 9.86. The Balaban J connectivity index is 2.20. The van der Waals surface area contributed by atoms with Gasteiger partial charge in [0.15, 0.2) is 16.6 Å². The van der Waals surface area contributed by atoms with E-state index in [1.807, 2.05) is 0 Å². The Kier molecular flexibility index (Phi) is 6.58. The van der Waals surface area contributed by atoms with Crippen LogP contribution in [0.1, 0.15) is 79.1 Å². The highest BCUT2D eigenvalue weighted by atomic mass is 28.4. The van der Waals surface area contributed by atoms with Crippen LogP contribution in [-0.2, 0) is 4.12 Å². The van der Waals surface area contributed by atoms with Gasteiger partial charge in [-0.25, -0.2) is 0 Å². The van der Waals surface area contributed by atoms with Crippen LogP contribution in [0.5, 0.6) is 0 Å². The van der Waals surface area contributed by atoms with E-state index in [0.717, 1.165) is 11.1 Å². The van der Waals surface area contributed by atoms with Gasteiger partial charge in [0.25, 0.3) is 0 Å². The third-order valence-electron chi connectivity index (χ3n) is 5.74. The second-order valence-corrected chi connectivity index (χ2v) is 16.5. The predicted octanol–water partition coefficient (Wildman–Crippen LogP) is 6.86. The van der Waals surface area contributed by atoms with Crippen LogP contribution in [0.15, 0.2) is 0 Å². The Hall–Kier alpha value is 0.394. The average molecular weight is 327 g/mol. The smallest absolute Gasteiger partial charge is 0.182 e. The van der Waals surface area contributed by atoms with Crippen molar-refractivity contribution in [2.45, 2.75) is 114 Å². The molecule has 0 heterocycles. The van der Waals surface area contributed by atoms with Crippen LogP contribution in [0.25, 0.3) is 0 Å². The van der Waals surface area contributed by atoms with Gasteiger partial charge in [0.1, 0.15) is 0 Å². The van der Waals surface area contributed by atoms with Gasteiger partial charge < -0.3 is 4.12 Å². The van der Waals surface area contributed by atoms with Gasteiger partial charge in [0.2, 0.25) is 0 Å². The van der Waals surface area contributed by atoms with Crippen molar-refractivity contribution in [3.05, 3.63) is 0 Å². The first kappa shape index (κ1) is 17.7. The lowest BCUT2D eigenvalue weighted by atomic mass is 10.6. The van der Waals surface area contributed by atoms with E-state index in [-0.39, 0.29) is 0 Å². The summed E-state index contributed by atoms with van der Waals surface area (Å²) in [5, 5.41) is 0. The molecule has 124 valence electrons. The molecule has 0 atom stereocenters. The molecule has 0 amide bonds. The third-order valence-corrected chi connectivity index (χ3v) is 18.5. The minimum Gasteiger partial charge on any atom is -0.454 e. The minimum atomic E-state index is -1.43. The number of hydrogen-bond acceptors (Lipinski definition) is 1. The fourth-order valence-corrected chi connectivity index (χ4v) is 18.9. The predicted molar refractivity (Wildman–Crippen MR) is 99.0 cm³/mol. The van der Waals surface area contributed by atoms with E-state index in [1.54, 1.807) is 0 Å². The van der Waals surface area contributed by atoms with Gasteiger partial charge in [0, 0.05) is 0 Å². The molecule has 2 rings (SSSR count). The quantitative estimate of drug-likeness (QED) is 0.356. The molecule has 0 radical (unpaired) electrons. The van der Waals surface area contributed by atoms with Gasteiger partial charge in [-0.15, -0.1) is 0 Å². The van der Waals surface area contributed by atoms with Gasteiger partial charge in [0.05, 0.1) is 0 Å². The van der Waals surface area contributed by atoms with Crippen molar-refractivity contribution in [1.29, 1.82) is 0 Å². The Morgan fingerprint density at radius 2 is 0.905 bits per heavy atom. The molecule has 0 saturated heterocycles. The van der Waals surface area contributed by atoms with E-state index in [0.29, 0.717) is 0 Å². The standard InChI is InChI=1S/C18H38OSi2/c1-5-13-20(14-6-2,17-9-10-17)19-21(15-7-3,16-8-4)18-11-12-18/h17-18H,5-16H2,1-4H3. The maximum atomic E-state index is 7.51. The Labute approximate surface area is 135 Å². The monoisotopic (exact) mass is 326 g/mol. The highest BCUT2D eigenvalue weighted by Crippen LogP contribution is 2.57. The van der Waals surface area contributed by atoms with Gasteiger partial charge in [-0.1, -0.05) is 79.1 Å². The number of hydrogen-bond donors (Lipinski definition) is 0. The molecule has 0 bridgehead atoms. The molecule has 0 spiro atoms. The summed E-state index contributed by atoms with van der Waals surface area (Å²) >= 11 is 0. The second-order valence-electron chi connectivity index (χ2n) is 7.78. The molecule has 2 saturated carbocycles. The van der Waals surface area contributed by atoms with Crippen molar-refractivity contribution >= 4 is 16.6 Å². The van der Waals surface area contributed by atoms with E-state index in [1.165, 1.54) is 75.5 Å². The van der Waals surface area contributed by atoms with Crippen LogP contribution in [0.3, 0.4) is 0 Å². The van der Waals surface area contributed by atoms with E-state index in [4.69, 9.17) is 4.12 Å². The summed E-state index contributed by atoms with van der Waals surface area (Å²) < 4.78 is 7.51. The van der Waals surface area contributed by atoms with E-state index >= 15 is 0 Å². The molecule has 2 aliphatic carbocycles. The zero-order chi connectivity index (χ0) is 15.3. The molecule has 0 aromatic rings. The largest absolute Gasteiger partial charge is 0.454 e. The van der Waals surface area contributed by atoms with E-state index in [2.05, 4.69) is 27.7 Å². The normalized spacial score (nSPS) is 20.0. The minimum absolute atomic E-state index is 1.04. The highest BCUT2D eigenvalue weighted by molar-refractivity contribution is 6.89. The van der Waals surface area contributed by atoms with E-state index < -0.39 is 16.6 Å². The molecule has 0 aromatic heterocycles. The number of rotatable bonds is 12. The molecule has 1 nitrogen and oxygen atoms in total. The summed E-state index contributed by atoms with van der Waals surface area (Å²) in [7, 11) is -2.87. The highest BCUT2D eigenvalue weighted by Gasteiger charge is 2.56. The maximum Gasteiger partial charge on any atom is 0.182 e. The van der Waals surface area contributed by atoms with Crippen molar-refractivity contribution < 1.29 is 4.12 Å². The zero-order valence-electron chi connectivity index (χ0n) is 15.0. The van der Waals surface area contributed by atoms with E-state index in [9.17, 15) is 0 Å². The van der Waals surface area contributed by atoms with Crippen molar-refractivity contribution in [3.63, 3.8) is 0 Å². The SMILES string of the molecule is CCC[Si](CCC)(O[Si](CCC)(CCC)C1CC1)C1CC1. The van der Waals surface area contributed by atoms with Gasteiger partial charge >= 0.3 is 0 Å². The van der Waals surface area contributed by atoms with Crippen LogP contribution >= 0.6 is 0 Å². The molecular formula is C18H38OSi2. The van der Waals surface area contributed by atoms with Crippen molar-refractivity contribution in [3.8, 4) is 0 Å². The lowest BCUT2D eigenvalue weighted by Crippen LogP contribution is -2.52. The Morgan fingerprint density at radius 1 is 0.619 bits per heavy atom. The summed E-state index contributed by atoms with van der Waals surface area (Å²) in [4.78, 5) is 0. The molecule has 2 aliphatic rings. The summed E-state index contributed by atoms with van der Waals surface area (Å²) in [5.41, 5.74) is 2.08. The van der Waals surface area contributed by atoms with Gasteiger partial charge in [-0.2, -0.15) is 0 Å². The maximum absolute atomic E-state index is 7.51. The molecular weight excluding hydrogens is 288 g/mol. The van der Waals surface area contributed by atoms with Gasteiger partial charge in [-0.3, -0.25) is 0 Å². The van der Waals surface area contributed by atoms with Gasteiger partial charge in [-0.05, 0) is 35.3 Å². The molecule has 0 aromatic carbocycles. The second kappa shape index (κ2) is 7.78. The molecule has 3 heteroatoms. The summed E-state index contributed by atoms with van der Waals surface area (Å²) in [6, 6.07) is 5.83. The third kappa shape index (κ3) is 4.23. The van der Waals surface area contributed by atoms with Crippen LogP contribution in [0, 0.1) is 0 Å². The lowest BCUT2D eigenvalue weighted by Gasteiger charge is -2.43. The average Bonchev–Trinajstić information content (AvgIpc) is 3.31. The van der Waals surface area contributed by atoms with Crippen molar-refractivity contribution in [1.82, 2.24) is 0 Å². The first-order chi connectivity index (χ1) is 10.2. The summed E-state index contributed by atoms with van der Waals surface area (Å²) in [5.74, 6) is 0. The summed E-state index contributed by atoms with van der Waals surface area (Å²) in [6.07, 6.45) is 11.4. The molecule has 2 fully saturated rings. The van der Waals surface area contributed by atoms with Crippen LogP contribution in [0.2, 0.25) is 35.3 Å². The lowest BCUT2D eigenvalue weighted by molar-refractivity contribution is 0.486. The topological polar surface area (TPSA) is 9.23 Å². The fourth-order valence-electron chi connectivity index (χ4n) is 4.75. The molecule has 21 heavy (non-hydrogen) atoms. The summed E-state index contributed by atoms with van der Waals surface area (Å²) in [6.45, 7) is 9.57. The Morgan fingerprint density at radius 3 is 1.10 bits per heavy atom. The van der Waals surface area contributed by atoms with Crippen molar-refractivity contribution in [2.75, 3.05) is 0 Å².